The van der Waals surface area contributed by atoms with Crippen LogP contribution in [0.25, 0.3) is 0 Å². The molecule has 1 unspecified atom stereocenters. The van der Waals surface area contributed by atoms with Crippen LogP contribution < -0.4 is 4.74 Å². The lowest BCUT2D eigenvalue weighted by atomic mass is 10.2. The van der Waals surface area contributed by atoms with Crippen LogP contribution >= 0.6 is 0 Å². The minimum absolute atomic E-state index is 0.0356. The molecule has 2 aromatic rings. The summed E-state index contributed by atoms with van der Waals surface area (Å²) in [5, 5.41) is 9.75. The molecule has 0 saturated heterocycles. The molecule has 0 fully saturated rings. The summed E-state index contributed by atoms with van der Waals surface area (Å²) in [5.74, 6) is 0.0573. The highest BCUT2D eigenvalue weighted by molar-refractivity contribution is 5.30. The first kappa shape index (κ1) is 17.3. The molecule has 6 heteroatoms. The van der Waals surface area contributed by atoms with Gasteiger partial charge in [0.25, 0.3) is 0 Å². The summed E-state index contributed by atoms with van der Waals surface area (Å²) in [6.07, 6.45) is -5.34. The average molecular weight is 326 g/mol. The minimum atomic E-state index is -4.42. The topological polar surface area (TPSA) is 38.7 Å². The second-order valence-electron chi connectivity index (χ2n) is 4.99. The summed E-state index contributed by atoms with van der Waals surface area (Å²) >= 11 is 0. The fourth-order valence-electron chi connectivity index (χ4n) is 1.89. The number of halogens is 3. The Labute approximate surface area is 132 Å². The van der Waals surface area contributed by atoms with Gasteiger partial charge in [-0.05, 0) is 23.8 Å². The zero-order chi connectivity index (χ0) is 16.7. The highest BCUT2D eigenvalue weighted by atomic mass is 19.4. The summed E-state index contributed by atoms with van der Waals surface area (Å²) in [7, 11) is 0. The molecule has 0 bridgehead atoms. The van der Waals surface area contributed by atoms with Crippen LogP contribution in [0.2, 0.25) is 0 Å². The van der Waals surface area contributed by atoms with E-state index in [2.05, 4.69) is 0 Å². The Morgan fingerprint density at radius 3 is 2.39 bits per heavy atom. The number of hydrogen-bond acceptors (Lipinski definition) is 3. The summed E-state index contributed by atoms with van der Waals surface area (Å²) in [5.41, 5.74) is 0.184. The molecule has 2 rings (SSSR count). The number of benzene rings is 2. The van der Waals surface area contributed by atoms with E-state index >= 15 is 0 Å². The average Bonchev–Trinajstić information content (AvgIpc) is 2.53. The van der Waals surface area contributed by atoms with Gasteiger partial charge in [0, 0.05) is 0 Å². The van der Waals surface area contributed by atoms with Crippen LogP contribution in [0.5, 0.6) is 5.75 Å². The van der Waals surface area contributed by atoms with Gasteiger partial charge in [-0.2, -0.15) is 13.2 Å². The lowest BCUT2D eigenvalue weighted by Crippen LogP contribution is -2.23. The van der Waals surface area contributed by atoms with Crippen LogP contribution in [0.15, 0.2) is 54.6 Å². The van der Waals surface area contributed by atoms with E-state index in [9.17, 15) is 18.3 Å². The van der Waals surface area contributed by atoms with Crippen molar-refractivity contribution in [2.24, 2.45) is 0 Å². The van der Waals surface area contributed by atoms with E-state index in [0.29, 0.717) is 6.61 Å². The molecule has 124 valence electrons. The van der Waals surface area contributed by atoms with E-state index in [0.717, 1.165) is 17.7 Å². The lowest BCUT2D eigenvalue weighted by Gasteiger charge is -2.14. The molecule has 2 aromatic carbocycles. The molecule has 0 aromatic heterocycles. The molecule has 1 N–H and O–H groups in total. The molecule has 3 nitrogen and oxygen atoms in total. The molecular formula is C17H17F3O3. The molecule has 0 heterocycles. The van der Waals surface area contributed by atoms with Gasteiger partial charge < -0.3 is 14.6 Å². The van der Waals surface area contributed by atoms with Gasteiger partial charge in [0.2, 0.25) is 0 Å². The number of rotatable bonds is 7. The van der Waals surface area contributed by atoms with Crippen LogP contribution in [0.3, 0.4) is 0 Å². The van der Waals surface area contributed by atoms with E-state index in [-0.39, 0.29) is 19.0 Å². The van der Waals surface area contributed by atoms with Crippen molar-refractivity contribution >= 4 is 0 Å². The molecule has 0 amide bonds. The molecule has 1 atom stereocenters. The zero-order valence-electron chi connectivity index (χ0n) is 12.3. The molecule has 0 radical (unpaired) electrons. The normalized spacial score (nSPS) is 12.9. The van der Waals surface area contributed by atoms with Crippen molar-refractivity contribution in [3.05, 3.63) is 65.7 Å². The van der Waals surface area contributed by atoms with Crippen LogP contribution in [-0.2, 0) is 17.5 Å². The molecule has 0 spiro atoms. The number of hydrogen-bond donors (Lipinski definition) is 1. The van der Waals surface area contributed by atoms with E-state index in [1.54, 1.807) is 0 Å². The Balaban J connectivity index is 1.75. The van der Waals surface area contributed by atoms with E-state index in [4.69, 9.17) is 9.47 Å². The largest absolute Gasteiger partial charge is 0.491 e. The monoisotopic (exact) mass is 326 g/mol. The first-order valence-electron chi connectivity index (χ1n) is 7.05. The summed E-state index contributed by atoms with van der Waals surface area (Å²) < 4.78 is 48.2. The molecule has 0 saturated carbocycles. The van der Waals surface area contributed by atoms with Crippen molar-refractivity contribution in [1.82, 2.24) is 0 Å². The van der Waals surface area contributed by atoms with Gasteiger partial charge in [0.05, 0.1) is 18.8 Å². The fraction of sp³-hybridized carbons (Fsp3) is 0.294. The quantitative estimate of drug-likeness (QED) is 0.844. The maximum absolute atomic E-state index is 12.6. The SMILES string of the molecule is OC(COCc1ccccc1)COc1cccc(C(F)(F)F)c1. The summed E-state index contributed by atoms with van der Waals surface area (Å²) in [4.78, 5) is 0. The Morgan fingerprint density at radius 2 is 1.70 bits per heavy atom. The number of alkyl halides is 3. The van der Waals surface area contributed by atoms with Crippen molar-refractivity contribution in [1.29, 1.82) is 0 Å². The molecular weight excluding hydrogens is 309 g/mol. The lowest BCUT2D eigenvalue weighted by molar-refractivity contribution is -0.137. The second-order valence-corrected chi connectivity index (χ2v) is 4.99. The first-order valence-corrected chi connectivity index (χ1v) is 7.05. The van der Waals surface area contributed by atoms with E-state index in [1.807, 2.05) is 30.3 Å². The predicted octanol–water partition coefficient (Wildman–Crippen LogP) is 3.66. The van der Waals surface area contributed by atoms with Gasteiger partial charge in [-0.1, -0.05) is 36.4 Å². The Hall–Kier alpha value is -2.05. The maximum Gasteiger partial charge on any atom is 0.416 e. The van der Waals surface area contributed by atoms with Crippen LogP contribution in [-0.4, -0.2) is 24.4 Å². The van der Waals surface area contributed by atoms with Gasteiger partial charge in [-0.15, -0.1) is 0 Å². The minimum Gasteiger partial charge on any atom is -0.491 e. The summed E-state index contributed by atoms with van der Waals surface area (Å²) in [6.45, 7) is 0.241. The molecule has 0 aliphatic heterocycles. The third-order valence-corrected chi connectivity index (χ3v) is 3.03. The van der Waals surface area contributed by atoms with E-state index < -0.39 is 17.8 Å². The van der Waals surface area contributed by atoms with Crippen LogP contribution in [0, 0.1) is 0 Å². The van der Waals surface area contributed by atoms with Gasteiger partial charge in [-0.3, -0.25) is 0 Å². The van der Waals surface area contributed by atoms with Crippen molar-refractivity contribution in [2.75, 3.05) is 13.2 Å². The smallest absolute Gasteiger partial charge is 0.416 e. The molecule has 0 aliphatic rings. The number of aliphatic hydroxyl groups is 1. The predicted molar refractivity (Wildman–Crippen MR) is 79.0 cm³/mol. The first-order chi connectivity index (χ1) is 10.9. The Morgan fingerprint density at radius 1 is 0.957 bits per heavy atom. The van der Waals surface area contributed by atoms with Gasteiger partial charge in [-0.25, -0.2) is 0 Å². The maximum atomic E-state index is 12.6. The van der Waals surface area contributed by atoms with Gasteiger partial charge in [0.1, 0.15) is 18.5 Å². The molecule has 0 aliphatic carbocycles. The van der Waals surface area contributed by atoms with Gasteiger partial charge in [0.15, 0.2) is 0 Å². The highest BCUT2D eigenvalue weighted by Crippen LogP contribution is 2.31. The Kier molecular flexibility index (Phi) is 6.01. The van der Waals surface area contributed by atoms with Crippen LogP contribution in [0.1, 0.15) is 11.1 Å². The third-order valence-electron chi connectivity index (χ3n) is 3.03. The van der Waals surface area contributed by atoms with Gasteiger partial charge >= 0.3 is 6.18 Å². The molecule has 23 heavy (non-hydrogen) atoms. The number of aliphatic hydroxyl groups excluding tert-OH is 1. The van der Waals surface area contributed by atoms with Crippen LogP contribution in [0.4, 0.5) is 13.2 Å². The highest BCUT2D eigenvalue weighted by Gasteiger charge is 2.30. The van der Waals surface area contributed by atoms with Crippen molar-refractivity contribution in [3.63, 3.8) is 0 Å². The van der Waals surface area contributed by atoms with E-state index in [1.165, 1.54) is 12.1 Å². The third kappa shape index (κ3) is 5.92. The standard InChI is InChI=1S/C17H17F3O3/c18-17(19,20)14-7-4-8-16(9-14)23-12-15(21)11-22-10-13-5-2-1-3-6-13/h1-9,15,21H,10-12H2. The Bertz CT molecular complexity index is 600. The zero-order valence-corrected chi connectivity index (χ0v) is 12.3. The van der Waals surface area contributed by atoms with Crippen molar-refractivity contribution in [3.8, 4) is 5.75 Å². The second kappa shape index (κ2) is 7.99. The van der Waals surface area contributed by atoms with Crippen molar-refractivity contribution < 1.29 is 27.8 Å². The van der Waals surface area contributed by atoms with Crippen molar-refractivity contribution in [2.45, 2.75) is 18.9 Å². The summed E-state index contributed by atoms with van der Waals surface area (Å²) in [6, 6.07) is 14.0. The number of ether oxygens (including phenoxy) is 2. The fourth-order valence-corrected chi connectivity index (χ4v) is 1.89.